The van der Waals surface area contributed by atoms with Gasteiger partial charge in [0.2, 0.25) is 0 Å². The summed E-state index contributed by atoms with van der Waals surface area (Å²) in [6.07, 6.45) is 9.94. The van der Waals surface area contributed by atoms with Gasteiger partial charge >= 0.3 is 0 Å². The lowest BCUT2D eigenvalue weighted by atomic mass is 9.91. The van der Waals surface area contributed by atoms with Gasteiger partial charge in [-0.2, -0.15) is 0 Å². The first-order valence-corrected chi connectivity index (χ1v) is 3.80. The molecule has 2 rings (SSSR count). The highest BCUT2D eigenvalue weighted by molar-refractivity contribution is 5.36. The van der Waals surface area contributed by atoms with Crippen molar-refractivity contribution in [3.05, 3.63) is 29.9 Å². The van der Waals surface area contributed by atoms with Crippen LogP contribution >= 0.6 is 0 Å². The molecule has 0 aromatic carbocycles. The maximum absolute atomic E-state index is 5.18. The predicted octanol–water partition coefficient (Wildman–Crippen LogP) is 2.22. The highest BCUT2D eigenvalue weighted by atomic mass is 16.5. The van der Waals surface area contributed by atoms with Gasteiger partial charge in [0.05, 0.1) is 6.26 Å². The highest BCUT2D eigenvalue weighted by Crippen LogP contribution is 2.26. The smallest absolute Gasteiger partial charge is 0.109 e. The zero-order chi connectivity index (χ0) is 6.81. The van der Waals surface area contributed by atoms with Crippen molar-refractivity contribution in [2.45, 2.75) is 19.3 Å². The maximum atomic E-state index is 5.18. The molecule has 0 aromatic heterocycles. The van der Waals surface area contributed by atoms with Gasteiger partial charge in [-0.15, -0.1) is 0 Å². The molecule has 0 spiro atoms. The molecule has 2 aliphatic rings. The molecule has 0 bridgehead atoms. The van der Waals surface area contributed by atoms with E-state index in [2.05, 4.69) is 12.5 Å². The molecule has 0 aromatic rings. The third kappa shape index (κ3) is 0.962. The van der Waals surface area contributed by atoms with Crippen LogP contribution in [-0.4, -0.2) is 6.61 Å². The second kappa shape index (κ2) is 2.49. The summed E-state index contributed by atoms with van der Waals surface area (Å²) in [4.78, 5) is 0. The zero-order valence-corrected chi connectivity index (χ0v) is 5.97. The molecule has 0 saturated heterocycles. The number of ether oxygens (including phenoxy) is 1. The standard InChI is InChI=1S/C9H11O/c1-2-4-9-7-10-6-5-8(9)3-1/h3,5-6H,1-2,4,7H2. The number of allylic oxidation sites excluding steroid dienone is 2. The van der Waals surface area contributed by atoms with Crippen molar-refractivity contribution in [2.75, 3.05) is 6.61 Å². The van der Waals surface area contributed by atoms with E-state index >= 15 is 0 Å². The molecule has 1 heteroatoms. The summed E-state index contributed by atoms with van der Waals surface area (Å²) in [6.45, 7) is 0.822. The van der Waals surface area contributed by atoms with Gasteiger partial charge in [0.15, 0.2) is 0 Å². The molecule has 1 heterocycles. The molecule has 0 fully saturated rings. The topological polar surface area (TPSA) is 9.23 Å². The summed E-state index contributed by atoms with van der Waals surface area (Å²) in [6, 6.07) is 0. The Morgan fingerprint density at radius 3 is 3.30 bits per heavy atom. The van der Waals surface area contributed by atoms with E-state index < -0.39 is 0 Å². The van der Waals surface area contributed by atoms with Gasteiger partial charge in [0.1, 0.15) is 6.61 Å². The minimum absolute atomic E-state index is 0.822. The Balaban J connectivity index is 2.23. The predicted molar refractivity (Wildman–Crippen MR) is 40.3 cm³/mol. The monoisotopic (exact) mass is 135 g/mol. The van der Waals surface area contributed by atoms with Crippen LogP contribution in [0.3, 0.4) is 0 Å². The molecular formula is C9H11O. The lowest BCUT2D eigenvalue weighted by molar-refractivity contribution is 0.268. The summed E-state index contributed by atoms with van der Waals surface area (Å²) in [7, 11) is 0. The van der Waals surface area contributed by atoms with Crippen molar-refractivity contribution < 1.29 is 4.74 Å². The molecule has 10 heavy (non-hydrogen) atoms. The van der Waals surface area contributed by atoms with Gasteiger partial charge in [-0.05, 0) is 42.9 Å². The fraction of sp³-hybridized carbons (Fsp3) is 0.444. The summed E-state index contributed by atoms with van der Waals surface area (Å²) >= 11 is 0. The Labute approximate surface area is 61.4 Å². The summed E-state index contributed by atoms with van der Waals surface area (Å²) < 4.78 is 5.18. The van der Waals surface area contributed by atoms with Crippen LogP contribution in [0.5, 0.6) is 0 Å². The Kier molecular flexibility index (Phi) is 1.50. The first-order chi connectivity index (χ1) is 4.97. The van der Waals surface area contributed by atoms with Crippen molar-refractivity contribution in [3.63, 3.8) is 0 Å². The van der Waals surface area contributed by atoms with Crippen molar-refractivity contribution in [1.82, 2.24) is 0 Å². The largest absolute Gasteiger partial charge is 0.497 e. The van der Waals surface area contributed by atoms with Crippen LogP contribution in [0.2, 0.25) is 0 Å². The summed E-state index contributed by atoms with van der Waals surface area (Å²) in [5.41, 5.74) is 2.89. The Morgan fingerprint density at radius 2 is 2.40 bits per heavy atom. The van der Waals surface area contributed by atoms with E-state index in [9.17, 15) is 0 Å². The van der Waals surface area contributed by atoms with Gasteiger partial charge in [-0.25, -0.2) is 0 Å². The van der Waals surface area contributed by atoms with Crippen molar-refractivity contribution in [2.24, 2.45) is 0 Å². The van der Waals surface area contributed by atoms with Gasteiger partial charge < -0.3 is 4.74 Å². The number of rotatable bonds is 0. The lowest BCUT2D eigenvalue weighted by Crippen LogP contribution is -2.07. The molecule has 1 radical (unpaired) electrons. The van der Waals surface area contributed by atoms with Crippen LogP contribution in [0.1, 0.15) is 19.3 Å². The molecular weight excluding hydrogens is 124 g/mol. The molecule has 53 valence electrons. The van der Waals surface area contributed by atoms with Crippen LogP contribution in [0.25, 0.3) is 0 Å². The third-order valence-corrected chi connectivity index (χ3v) is 2.06. The Hall–Kier alpha value is -0.720. The zero-order valence-electron chi connectivity index (χ0n) is 5.97. The SMILES string of the molecule is [CH]1CCCC2=C1C=COC2. The molecule has 1 nitrogen and oxygen atoms in total. The van der Waals surface area contributed by atoms with Crippen molar-refractivity contribution in [3.8, 4) is 0 Å². The van der Waals surface area contributed by atoms with Gasteiger partial charge in [0.25, 0.3) is 0 Å². The molecule has 0 N–H and O–H groups in total. The fourth-order valence-electron chi connectivity index (χ4n) is 1.47. The summed E-state index contributed by atoms with van der Waals surface area (Å²) in [5.74, 6) is 0. The minimum atomic E-state index is 0.822. The molecule has 0 amide bonds. The Morgan fingerprint density at radius 1 is 1.40 bits per heavy atom. The third-order valence-electron chi connectivity index (χ3n) is 2.06. The second-order valence-corrected chi connectivity index (χ2v) is 2.77. The second-order valence-electron chi connectivity index (χ2n) is 2.77. The summed E-state index contributed by atoms with van der Waals surface area (Å²) in [5, 5.41) is 0. The van der Waals surface area contributed by atoms with Crippen LogP contribution in [0.4, 0.5) is 0 Å². The van der Waals surface area contributed by atoms with Gasteiger partial charge in [-0.1, -0.05) is 0 Å². The van der Waals surface area contributed by atoms with E-state index in [0.29, 0.717) is 0 Å². The van der Waals surface area contributed by atoms with Gasteiger partial charge in [0, 0.05) is 0 Å². The lowest BCUT2D eigenvalue weighted by Gasteiger charge is -2.20. The van der Waals surface area contributed by atoms with E-state index in [0.717, 1.165) is 6.61 Å². The van der Waals surface area contributed by atoms with Gasteiger partial charge in [-0.3, -0.25) is 0 Å². The molecule has 1 aliphatic heterocycles. The van der Waals surface area contributed by atoms with Crippen LogP contribution < -0.4 is 0 Å². The maximum Gasteiger partial charge on any atom is 0.109 e. The van der Waals surface area contributed by atoms with Crippen molar-refractivity contribution in [1.29, 1.82) is 0 Å². The van der Waals surface area contributed by atoms with Crippen LogP contribution in [-0.2, 0) is 4.74 Å². The molecule has 0 unspecified atom stereocenters. The van der Waals surface area contributed by atoms with E-state index in [1.165, 1.54) is 30.4 Å². The van der Waals surface area contributed by atoms with E-state index in [4.69, 9.17) is 4.74 Å². The normalized spacial score (nSPS) is 24.0. The van der Waals surface area contributed by atoms with Crippen molar-refractivity contribution >= 4 is 0 Å². The van der Waals surface area contributed by atoms with Crippen LogP contribution in [0, 0.1) is 6.42 Å². The molecule has 1 aliphatic carbocycles. The average molecular weight is 135 g/mol. The Bertz CT molecular complexity index is 189. The molecule has 0 atom stereocenters. The minimum Gasteiger partial charge on any atom is -0.497 e. The van der Waals surface area contributed by atoms with Crippen LogP contribution in [0.15, 0.2) is 23.5 Å². The quantitative estimate of drug-likeness (QED) is 0.495. The highest BCUT2D eigenvalue weighted by Gasteiger charge is 2.12. The van der Waals surface area contributed by atoms with E-state index in [1.54, 1.807) is 6.26 Å². The number of hydrogen-bond acceptors (Lipinski definition) is 1. The first kappa shape index (κ1) is 6.02. The van der Waals surface area contributed by atoms with E-state index in [1.807, 2.05) is 0 Å². The van der Waals surface area contributed by atoms with E-state index in [-0.39, 0.29) is 0 Å². The average Bonchev–Trinajstić information content (AvgIpc) is 2.05. The molecule has 0 saturated carbocycles. The number of hydrogen-bond donors (Lipinski definition) is 0. The fourth-order valence-corrected chi connectivity index (χ4v) is 1.47. The first-order valence-electron chi connectivity index (χ1n) is 3.80.